The lowest BCUT2D eigenvalue weighted by Crippen LogP contribution is -2.46. The number of piperazine rings is 1. The molecule has 1 aliphatic heterocycles. The minimum absolute atomic E-state index is 0.00483. The van der Waals surface area contributed by atoms with E-state index in [2.05, 4.69) is 46.2 Å². The fourth-order valence-corrected chi connectivity index (χ4v) is 5.04. The molecule has 1 fully saturated rings. The van der Waals surface area contributed by atoms with Gasteiger partial charge >= 0.3 is 0 Å². The largest absolute Gasteiger partial charge is 0.297 e. The Labute approximate surface area is 191 Å². The Morgan fingerprint density at radius 3 is 2.34 bits per heavy atom. The minimum atomic E-state index is -0.00483. The Kier molecular flexibility index (Phi) is 6.25. The first-order chi connectivity index (χ1) is 15.8. The van der Waals surface area contributed by atoms with Crippen LogP contribution in [-0.2, 0) is 6.54 Å². The van der Waals surface area contributed by atoms with Crippen LogP contribution < -0.4 is 5.56 Å². The molecule has 0 atom stereocenters. The van der Waals surface area contributed by atoms with E-state index < -0.39 is 0 Å². The fraction of sp³-hybridized carbons (Fsp3) is 0.231. The van der Waals surface area contributed by atoms with Crippen molar-refractivity contribution in [3.63, 3.8) is 0 Å². The van der Waals surface area contributed by atoms with Crippen LogP contribution in [0, 0.1) is 0 Å². The van der Waals surface area contributed by atoms with Crippen LogP contribution in [0.15, 0.2) is 83.0 Å². The predicted octanol–water partition coefficient (Wildman–Crippen LogP) is 4.25. The molecule has 1 aliphatic rings. The van der Waals surface area contributed by atoms with Crippen LogP contribution in [0.4, 0.5) is 0 Å². The van der Waals surface area contributed by atoms with Gasteiger partial charge in [-0.25, -0.2) is 4.98 Å². The van der Waals surface area contributed by atoms with Gasteiger partial charge < -0.3 is 0 Å². The molecular weight excluding hydrogens is 416 g/mol. The van der Waals surface area contributed by atoms with Gasteiger partial charge in [-0.2, -0.15) is 0 Å². The molecule has 3 heterocycles. The molecule has 0 N–H and O–H groups in total. The summed E-state index contributed by atoms with van der Waals surface area (Å²) in [6.07, 6.45) is 4.42. The van der Waals surface area contributed by atoms with Crippen LogP contribution >= 0.6 is 11.3 Å². The molecule has 0 bridgehead atoms. The summed E-state index contributed by atoms with van der Waals surface area (Å²) >= 11 is 1.52. The molecule has 4 aromatic rings. The topological polar surface area (TPSA) is 40.9 Å². The van der Waals surface area contributed by atoms with E-state index in [9.17, 15) is 4.79 Å². The van der Waals surface area contributed by atoms with E-state index in [1.54, 1.807) is 10.5 Å². The summed E-state index contributed by atoms with van der Waals surface area (Å²) in [5, 5.41) is 2.02. The van der Waals surface area contributed by atoms with Gasteiger partial charge in [0.15, 0.2) is 4.96 Å². The van der Waals surface area contributed by atoms with Gasteiger partial charge in [-0.3, -0.25) is 19.0 Å². The van der Waals surface area contributed by atoms with E-state index in [0.717, 1.165) is 61.2 Å². The SMILES string of the molecule is O=c1cc(CN2CCN(C/C=C/c3ccccc3)CC2)nc2scc(-c3ccccc3)n12. The Morgan fingerprint density at radius 1 is 0.906 bits per heavy atom. The van der Waals surface area contributed by atoms with E-state index in [1.165, 1.54) is 16.9 Å². The highest BCUT2D eigenvalue weighted by Crippen LogP contribution is 2.24. The zero-order valence-electron chi connectivity index (χ0n) is 17.9. The normalized spacial score (nSPS) is 15.6. The van der Waals surface area contributed by atoms with Crippen LogP contribution in [0.2, 0.25) is 0 Å². The fourth-order valence-electron chi connectivity index (χ4n) is 4.12. The zero-order chi connectivity index (χ0) is 21.8. The number of hydrogen-bond donors (Lipinski definition) is 0. The lowest BCUT2D eigenvalue weighted by Gasteiger charge is -2.33. The Balaban J connectivity index is 1.20. The Morgan fingerprint density at radius 2 is 1.59 bits per heavy atom. The van der Waals surface area contributed by atoms with Gasteiger partial charge in [0.25, 0.3) is 5.56 Å². The number of benzene rings is 2. The second-order valence-electron chi connectivity index (χ2n) is 8.08. The van der Waals surface area contributed by atoms with E-state index in [4.69, 9.17) is 4.98 Å². The average molecular weight is 443 g/mol. The van der Waals surface area contributed by atoms with Crippen LogP contribution in [-0.4, -0.2) is 51.9 Å². The monoisotopic (exact) mass is 442 g/mol. The molecular formula is C26H26N4OS. The summed E-state index contributed by atoms with van der Waals surface area (Å²) in [6.45, 7) is 5.71. The van der Waals surface area contributed by atoms with Crippen LogP contribution in [0.3, 0.4) is 0 Å². The standard InChI is InChI=1S/C26H26N4OS/c31-25-18-23(27-26-30(25)24(20-32-26)22-11-5-2-6-12-22)19-29-16-14-28(15-17-29)13-7-10-21-8-3-1-4-9-21/h1-12,18,20H,13-17,19H2/b10-7+. The third-order valence-electron chi connectivity index (χ3n) is 5.85. The zero-order valence-corrected chi connectivity index (χ0v) is 18.7. The molecule has 162 valence electrons. The maximum atomic E-state index is 12.9. The third kappa shape index (κ3) is 4.72. The lowest BCUT2D eigenvalue weighted by atomic mass is 10.2. The van der Waals surface area contributed by atoms with Gasteiger partial charge in [-0.15, -0.1) is 11.3 Å². The predicted molar refractivity (Wildman–Crippen MR) is 132 cm³/mol. The summed E-state index contributed by atoms with van der Waals surface area (Å²) in [5.41, 5.74) is 4.03. The van der Waals surface area contributed by atoms with Gasteiger partial charge in [0.1, 0.15) is 0 Å². The lowest BCUT2D eigenvalue weighted by molar-refractivity contribution is 0.136. The van der Waals surface area contributed by atoms with Gasteiger partial charge in [-0.05, 0) is 11.1 Å². The highest BCUT2D eigenvalue weighted by molar-refractivity contribution is 7.15. The summed E-state index contributed by atoms with van der Waals surface area (Å²) in [5.74, 6) is 0. The summed E-state index contributed by atoms with van der Waals surface area (Å²) in [6, 6.07) is 22.1. The first-order valence-electron chi connectivity index (χ1n) is 11.0. The van der Waals surface area contributed by atoms with Crippen LogP contribution in [0.5, 0.6) is 0 Å². The molecule has 0 unspecified atom stereocenters. The van der Waals surface area contributed by atoms with E-state index in [-0.39, 0.29) is 5.56 Å². The number of rotatable bonds is 6. The van der Waals surface area contributed by atoms with Crippen molar-refractivity contribution in [1.82, 2.24) is 19.2 Å². The van der Waals surface area contributed by atoms with Crippen molar-refractivity contribution in [2.45, 2.75) is 6.54 Å². The second kappa shape index (κ2) is 9.61. The molecule has 32 heavy (non-hydrogen) atoms. The first kappa shape index (κ1) is 20.8. The maximum absolute atomic E-state index is 12.9. The number of thiazole rings is 1. The number of nitrogens with zero attached hydrogens (tertiary/aromatic N) is 4. The first-order valence-corrected chi connectivity index (χ1v) is 11.9. The Bertz CT molecular complexity index is 1260. The van der Waals surface area contributed by atoms with Crippen LogP contribution in [0.1, 0.15) is 11.3 Å². The highest BCUT2D eigenvalue weighted by Gasteiger charge is 2.18. The molecule has 0 saturated carbocycles. The molecule has 2 aromatic carbocycles. The van der Waals surface area contributed by atoms with E-state index in [1.807, 2.05) is 41.8 Å². The van der Waals surface area contributed by atoms with Gasteiger partial charge in [0, 0.05) is 50.7 Å². The van der Waals surface area contributed by atoms with Crippen molar-refractivity contribution in [2.24, 2.45) is 0 Å². The quantitative estimate of drug-likeness (QED) is 0.448. The smallest absolute Gasteiger partial charge is 0.259 e. The van der Waals surface area contributed by atoms with Crippen molar-refractivity contribution >= 4 is 22.4 Å². The van der Waals surface area contributed by atoms with Crippen LogP contribution in [0.25, 0.3) is 22.3 Å². The molecule has 0 spiro atoms. The van der Waals surface area contributed by atoms with Crippen molar-refractivity contribution in [3.05, 3.63) is 99.8 Å². The molecule has 0 radical (unpaired) electrons. The van der Waals surface area contributed by atoms with Crippen molar-refractivity contribution in [3.8, 4) is 11.3 Å². The van der Waals surface area contributed by atoms with Gasteiger partial charge in [0.05, 0.1) is 11.4 Å². The van der Waals surface area contributed by atoms with Gasteiger partial charge in [0.2, 0.25) is 0 Å². The Hall–Kier alpha value is -3.06. The summed E-state index contributed by atoms with van der Waals surface area (Å²) in [7, 11) is 0. The molecule has 5 nitrogen and oxygen atoms in total. The van der Waals surface area contributed by atoms with Crippen molar-refractivity contribution in [1.29, 1.82) is 0 Å². The molecule has 1 saturated heterocycles. The molecule has 5 rings (SSSR count). The summed E-state index contributed by atoms with van der Waals surface area (Å²) < 4.78 is 1.72. The van der Waals surface area contributed by atoms with Crippen molar-refractivity contribution in [2.75, 3.05) is 32.7 Å². The summed E-state index contributed by atoms with van der Waals surface area (Å²) in [4.78, 5) is 23.3. The minimum Gasteiger partial charge on any atom is -0.297 e. The molecule has 0 amide bonds. The van der Waals surface area contributed by atoms with Crippen molar-refractivity contribution < 1.29 is 0 Å². The molecule has 2 aromatic heterocycles. The highest BCUT2D eigenvalue weighted by atomic mass is 32.1. The number of hydrogen-bond acceptors (Lipinski definition) is 5. The number of fused-ring (bicyclic) bond motifs is 1. The molecule has 6 heteroatoms. The third-order valence-corrected chi connectivity index (χ3v) is 6.68. The van der Waals surface area contributed by atoms with Gasteiger partial charge in [-0.1, -0.05) is 72.8 Å². The van der Waals surface area contributed by atoms with E-state index >= 15 is 0 Å². The van der Waals surface area contributed by atoms with E-state index in [0.29, 0.717) is 0 Å². The maximum Gasteiger partial charge on any atom is 0.259 e. The second-order valence-corrected chi connectivity index (χ2v) is 8.92. The number of aromatic nitrogens is 2. The molecule has 0 aliphatic carbocycles. The average Bonchev–Trinajstić information content (AvgIpc) is 3.26.